The van der Waals surface area contributed by atoms with E-state index in [-0.39, 0.29) is 11.3 Å². The van der Waals surface area contributed by atoms with Gasteiger partial charge in [-0.25, -0.2) is 0 Å². The van der Waals surface area contributed by atoms with Crippen LogP contribution in [0.1, 0.15) is 47.8 Å². The molecule has 0 unspecified atom stereocenters. The maximum atomic E-state index is 12.8. The first-order valence-corrected chi connectivity index (χ1v) is 9.48. The van der Waals surface area contributed by atoms with Crippen LogP contribution in [-0.4, -0.2) is 37.0 Å². The van der Waals surface area contributed by atoms with Gasteiger partial charge in [-0.15, -0.1) is 0 Å². The quantitative estimate of drug-likeness (QED) is 0.792. The molecule has 138 valence electrons. The second-order valence-electron chi connectivity index (χ2n) is 8.33. The van der Waals surface area contributed by atoms with Crippen molar-refractivity contribution in [2.45, 2.75) is 40.0 Å². The molecule has 1 aliphatic rings. The zero-order valence-electron chi connectivity index (χ0n) is 16.7. The maximum absolute atomic E-state index is 12.8. The van der Waals surface area contributed by atoms with Crippen LogP contribution in [-0.2, 0) is 5.41 Å². The predicted octanol–water partition coefficient (Wildman–Crippen LogP) is 4.56. The largest absolute Gasteiger partial charge is 0.368 e. The summed E-state index contributed by atoms with van der Waals surface area (Å²) in [5.41, 5.74) is 6.11. The molecule has 1 heterocycles. The Bertz CT molecular complexity index is 779. The fourth-order valence-corrected chi connectivity index (χ4v) is 3.52. The normalized spacial score (nSPS) is 15.3. The van der Waals surface area contributed by atoms with Crippen LogP contribution in [0.5, 0.6) is 0 Å². The molecule has 2 aromatic rings. The average molecular weight is 351 g/mol. The predicted molar refractivity (Wildman–Crippen MR) is 109 cm³/mol. The van der Waals surface area contributed by atoms with E-state index in [1.54, 1.807) is 0 Å². The fourth-order valence-electron chi connectivity index (χ4n) is 3.52. The summed E-state index contributed by atoms with van der Waals surface area (Å²) in [6, 6.07) is 14.6. The number of anilines is 1. The van der Waals surface area contributed by atoms with E-state index in [4.69, 9.17) is 0 Å². The van der Waals surface area contributed by atoms with E-state index in [0.717, 1.165) is 31.7 Å². The van der Waals surface area contributed by atoms with E-state index in [2.05, 4.69) is 69.9 Å². The smallest absolute Gasteiger partial charge is 0.253 e. The number of carbonyl (C=O) groups is 1. The van der Waals surface area contributed by atoms with Gasteiger partial charge in [-0.05, 0) is 54.2 Å². The van der Waals surface area contributed by atoms with E-state index >= 15 is 0 Å². The number of hydrogen-bond acceptors (Lipinski definition) is 2. The number of rotatable bonds is 2. The summed E-state index contributed by atoms with van der Waals surface area (Å²) < 4.78 is 0. The zero-order chi connectivity index (χ0) is 18.9. The molecular formula is C23H30N2O. The first kappa shape index (κ1) is 18.5. The summed E-state index contributed by atoms with van der Waals surface area (Å²) >= 11 is 0. The zero-order valence-corrected chi connectivity index (χ0v) is 16.7. The van der Waals surface area contributed by atoms with Gasteiger partial charge in [0.2, 0.25) is 0 Å². The number of amides is 1. The highest BCUT2D eigenvalue weighted by Crippen LogP contribution is 2.25. The highest BCUT2D eigenvalue weighted by atomic mass is 16.2. The Morgan fingerprint density at radius 3 is 2.08 bits per heavy atom. The first-order valence-electron chi connectivity index (χ1n) is 9.48. The van der Waals surface area contributed by atoms with Crippen LogP contribution in [0, 0.1) is 13.8 Å². The van der Waals surface area contributed by atoms with E-state index < -0.39 is 0 Å². The minimum Gasteiger partial charge on any atom is -0.368 e. The van der Waals surface area contributed by atoms with Gasteiger partial charge in [-0.2, -0.15) is 0 Å². The molecular weight excluding hydrogens is 320 g/mol. The molecule has 1 aliphatic heterocycles. The summed E-state index contributed by atoms with van der Waals surface area (Å²) in [4.78, 5) is 17.2. The van der Waals surface area contributed by atoms with Gasteiger partial charge in [0.05, 0.1) is 0 Å². The summed E-state index contributed by atoms with van der Waals surface area (Å²) in [7, 11) is 0. The van der Waals surface area contributed by atoms with Crippen molar-refractivity contribution >= 4 is 11.6 Å². The highest BCUT2D eigenvalue weighted by Gasteiger charge is 2.23. The lowest BCUT2D eigenvalue weighted by atomic mass is 9.86. The molecule has 0 spiro atoms. The number of benzene rings is 2. The van der Waals surface area contributed by atoms with Crippen LogP contribution in [0.3, 0.4) is 0 Å². The summed E-state index contributed by atoms with van der Waals surface area (Å²) in [6.45, 7) is 14.2. The molecule has 0 saturated carbocycles. The Kier molecular flexibility index (Phi) is 5.08. The molecule has 0 atom stereocenters. The van der Waals surface area contributed by atoms with Gasteiger partial charge < -0.3 is 9.80 Å². The Morgan fingerprint density at radius 2 is 1.50 bits per heavy atom. The third kappa shape index (κ3) is 3.77. The van der Waals surface area contributed by atoms with Crippen molar-refractivity contribution in [1.29, 1.82) is 0 Å². The summed E-state index contributed by atoms with van der Waals surface area (Å²) in [5, 5.41) is 0. The Labute approximate surface area is 157 Å². The van der Waals surface area contributed by atoms with Crippen molar-refractivity contribution in [3.8, 4) is 0 Å². The minimum absolute atomic E-state index is 0.110. The van der Waals surface area contributed by atoms with Gasteiger partial charge in [0.1, 0.15) is 0 Å². The van der Waals surface area contributed by atoms with Crippen LogP contribution in [0.2, 0.25) is 0 Å². The van der Waals surface area contributed by atoms with Crippen molar-refractivity contribution in [3.05, 3.63) is 64.7 Å². The van der Waals surface area contributed by atoms with Crippen molar-refractivity contribution in [3.63, 3.8) is 0 Å². The molecule has 2 aromatic carbocycles. The van der Waals surface area contributed by atoms with Crippen molar-refractivity contribution < 1.29 is 4.79 Å². The molecule has 0 radical (unpaired) electrons. The number of piperazine rings is 1. The lowest BCUT2D eigenvalue weighted by Gasteiger charge is -2.37. The molecule has 3 rings (SSSR count). The maximum Gasteiger partial charge on any atom is 0.253 e. The monoisotopic (exact) mass is 350 g/mol. The van der Waals surface area contributed by atoms with Crippen molar-refractivity contribution in [2.24, 2.45) is 0 Å². The Balaban J connectivity index is 1.66. The van der Waals surface area contributed by atoms with E-state index in [9.17, 15) is 4.79 Å². The van der Waals surface area contributed by atoms with Crippen molar-refractivity contribution in [1.82, 2.24) is 4.90 Å². The first-order chi connectivity index (χ1) is 12.3. The topological polar surface area (TPSA) is 23.6 Å². The van der Waals surface area contributed by atoms with Crippen LogP contribution >= 0.6 is 0 Å². The van der Waals surface area contributed by atoms with Crippen LogP contribution in [0.4, 0.5) is 5.69 Å². The number of aryl methyl sites for hydroxylation is 1. The second kappa shape index (κ2) is 7.14. The van der Waals surface area contributed by atoms with Gasteiger partial charge in [0, 0.05) is 37.4 Å². The molecule has 0 bridgehead atoms. The van der Waals surface area contributed by atoms with E-state index in [1.807, 2.05) is 17.0 Å². The van der Waals surface area contributed by atoms with Gasteiger partial charge in [0.15, 0.2) is 0 Å². The van der Waals surface area contributed by atoms with Crippen LogP contribution in [0.15, 0.2) is 42.5 Å². The lowest BCUT2D eigenvalue weighted by molar-refractivity contribution is 0.0746. The Hall–Kier alpha value is -2.29. The minimum atomic E-state index is 0.110. The fraction of sp³-hybridized carbons (Fsp3) is 0.435. The molecule has 1 saturated heterocycles. The van der Waals surface area contributed by atoms with Gasteiger partial charge in [0.25, 0.3) is 5.91 Å². The van der Waals surface area contributed by atoms with Crippen LogP contribution < -0.4 is 4.90 Å². The summed E-state index contributed by atoms with van der Waals surface area (Å²) in [5.74, 6) is 0.145. The average Bonchev–Trinajstić information content (AvgIpc) is 2.63. The van der Waals surface area contributed by atoms with Gasteiger partial charge in [-0.3, -0.25) is 4.79 Å². The standard InChI is InChI=1S/C23H30N2O/c1-17-7-6-8-21(18(17)2)24-13-15-25(16-14-24)22(26)19-9-11-20(12-10-19)23(3,4)5/h6-12H,13-16H2,1-5H3. The van der Waals surface area contributed by atoms with Crippen molar-refractivity contribution in [2.75, 3.05) is 31.1 Å². The third-order valence-electron chi connectivity index (χ3n) is 5.48. The molecule has 0 aliphatic carbocycles. The number of carbonyl (C=O) groups excluding carboxylic acids is 1. The molecule has 3 nitrogen and oxygen atoms in total. The number of nitrogens with zero attached hydrogens (tertiary/aromatic N) is 2. The summed E-state index contributed by atoms with van der Waals surface area (Å²) in [6.07, 6.45) is 0. The second-order valence-corrected chi connectivity index (χ2v) is 8.33. The van der Waals surface area contributed by atoms with Gasteiger partial charge in [-0.1, -0.05) is 45.0 Å². The van der Waals surface area contributed by atoms with E-state index in [0.29, 0.717) is 0 Å². The SMILES string of the molecule is Cc1cccc(N2CCN(C(=O)c3ccc(C(C)(C)C)cc3)CC2)c1C. The molecule has 1 amide bonds. The van der Waals surface area contributed by atoms with Crippen LogP contribution in [0.25, 0.3) is 0 Å². The van der Waals surface area contributed by atoms with Gasteiger partial charge >= 0.3 is 0 Å². The highest BCUT2D eigenvalue weighted by molar-refractivity contribution is 5.94. The lowest BCUT2D eigenvalue weighted by Crippen LogP contribution is -2.49. The molecule has 26 heavy (non-hydrogen) atoms. The molecule has 1 fully saturated rings. The van der Waals surface area contributed by atoms with E-state index in [1.165, 1.54) is 22.4 Å². The third-order valence-corrected chi connectivity index (χ3v) is 5.48. The number of hydrogen-bond donors (Lipinski definition) is 0. The Morgan fingerprint density at radius 1 is 0.885 bits per heavy atom. The molecule has 0 aromatic heterocycles. The molecule has 3 heteroatoms. The molecule has 0 N–H and O–H groups in total.